The summed E-state index contributed by atoms with van der Waals surface area (Å²) < 4.78 is 1.54. The van der Waals surface area contributed by atoms with Crippen molar-refractivity contribution < 1.29 is 9.59 Å². The second-order valence-electron chi connectivity index (χ2n) is 7.13. The Labute approximate surface area is 178 Å². The Kier molecular flexibility index (Phi) is 6.08. The van der Waals surface area contributed by atoms with Crippen LogP contribution in [0, 0.1) is 0 Å². The van der Waals surface area contributed by atoms with Crippen LogP contribution in [0.2, 0.25) is 0 Å². The standard InChI is InChI=1S/C21H22N6O2S/c1-26(12-15-5-3-2-4-6-15)20(28)13-30-19-11-18(22-14-23-19)27-10-9-17(25-27)21(29)24-16-7-8-16/h2-6,9-11,14,16H,7-8,12-13H2,1H3,(H,24,29). The normalized spacial score (nSPS) is 13.1. The molecule has 2 aromatic heterocycles. The molecule has 0 aliphatic heterocycles. The molecule has 30 heavy (non-hydrogen) atoms. The van der Waals surface area contributed by atoms with Crippen molar-refractivity contribution >= 4 is 23.6 Å². The summed E-state index contributed by atoms with van der Waals surface area (Å²) >= 11 is 1.34. The highest BCUT2D eigenvalue weighted by Crippen LogP contribution is 2.20. The van der Waals surface area contributed by atoms with Crippen LogP contribution in [0.4, 0.5) is 0 Å². The average Bonchev–Trinajstić information content (AvgIpc) is 3.43. The molecule has 2 heterocycles. The van der Waals surface area contributed by atoms with Gasteiger partial charge in [-0.1, -0.05) is 42.1 Å². The minimum absolute atomic E-state index is 0.0159. The van der Waals surface area contributed by atoms with E-state index >= 15 is 0 Å². The van der Waals surface area contributed by atoms with E-state index in [1.54, 1.807) is 30.3 Å². The Morgan fingerprint density at radius 3 is 2.77 bits per heavy atom. The Bertz CT molecular complexity index is 1030. The number of hydrogen-bond acceptors (Lipinski definition) is 6. The number of rotatable bonds is 8. The summed E-state index contributed by atoms with van der Waals surface area (Å²) in [6.07, 6.45) is 5.18. The summed E-state index contributed by atoms with van der Waals surface area (Å²) in [7, 11) is 1.79. The van der Waals surface area contributed by atoms with Gasteiger partial charge in [-0.2, -0.15) is 5.10 Å². The van der Waals surface area contributed by atoms with Gasteiger partial charge in [0.05, 0.1) is 5.75 Å². The Morgan fingerprint density at radius 2 is 2.00 bits per heavy atom. The van der Waals surface area contributed by atoms with Crippen molar-refractivity contribution in [2.75, 3.05) is 12.8 Å². The van der Waals surface area contributed by atoms with Crippen LogP contribution in [0.25, 0.3) is 5.82 Å². The lowest BCUT2D eigenvalue weighted by atomic mass is 10.2. The highest BCUT2D eigenvalue weighted by Gasteiger charge is 2.24. The van der Waals surface area contributed by atoms with Gasteiger partial charge in [-0.25, -0.2) is 14.6 Å². The molecule has 1 N–H and O–H groups in total. The fraction of sp³-hybridized carbons (Fsp3) is 0.286. The molecule has 8 nitrogen and oxygen atoms in total. The van der Waals surface area contributed by atoms with E-state index in [1.807, 2.05) is 30.3 Å². The van der Waals surface area contributed by atoms with Crippen LogP contribution in [0.15, 0.2) is 60.0 Å². The predicted octanol–water partition coefficient (Wildman–Crippen LogP) is 2.31. The van der Waals surface area contributed by atoms with Crippen molar-refractivity contribution in [1.29, 1.82) is 0 Å². The van der Waals surface area contributed by atoms with Gasteiger partial charge in [0.15, 0.2) is 11.5 Å². The maximum atomic E-state index is 12.4. The molecular formula is C21H22N6O2S. The van der Waals surface area contributed by atoms with Crippen LogP contribution in [0.5, 0.6) is 0 Å². The van der Waals surface area contributed by atoms with Crippen LogP contribution >= 0.6 is 11.8 Å². The Morgan fingerprint density at radius 1 is 1.20 bits per heavy atom. The molecule has 0 bridgehead atoms. The maximum absolute atomic E-state index is 12.4. The number of carbonyl (C=O) groups excluding carboxylic acids is 2. The molecule has 1 fully saturated rings. The first-order valence-electron chi connectivity index (χ1n) is 9.68. The second kappa shape index (κ2) is 9.08. The minimum Gasteiger partial charge on any atom is -0.348 e. The molecule has 4 rings (SSSR count). The van der Waals surface area contributed by atoms with Gasteiger partial charge in [0, 0.05) is 31.9 Å². The second-order valence-corrected chi connectivity index (χ2v) is 8.13. The SMILES string of the molecule is CN(Cc1ccccc1)C(=O)CSc1cc(-n2ccc(C(=O)NC3CC3)n2)ncn1. The number of amides is 2. The van der Waals surface area contributed by atoms with Crippen LogP contribution in [0.3, 0.4) is 0 Å². The molecule has 1 aromatic carbocycles. The fourth-order valence-corrected chi connectivity index (χ4v) is 3.59. The summed E-state index contributed by atoms with van der Waals surface area (Å²) in [4.78, 5) is 34.7. The summed E-state index contributed by atoms with van der Waals surface area (Å²) in [5.41, 5.74) is 1.44. The third-order valence-electron chi connectivity index (χ3n) is 4.63. The first-order chi connectivity index (χ1) is 14.6. The van der Waals surface area contributed by atoms with Gasteiger partial charge >= 0.3 is 0 Å². The summed E-state index contributed by atoms with van der Waals surface area (Å²) in [5.74, 6) is 0.658. The molecule has 2 amide bonds. The van der Waals surface area contributed by atoms with E-state index < -0.39 is 0 Å². The lowest BCUT2D eigenvalue weighted by molar-refractivity contribution is -0.127. The third kappa shape index (κ3) is 5.24. The third-order valence-corrected chi connectivity index (χ3v) is 5.54. The zero-order valence-corrected chi connectivity index (χ0v) is 17.4. The average molecular weight is 423 g/mol. The van der Waals surface area contributed by atoms with Crippen molar-refractivity contribution in [3.63, 3.8) is 0 Å². The number of nitrogens with zero attached hydrogens (tertiary/aromatic N) is 5. The minimum atomic E-state index is -0.174. The molecule has 1 saturated carbocycles. The van der Waals surface area contributed by atoms with Gasteiger partial charge in [0.25, 0.3) is 5.91 Å². The van der Waals surface area contributed by atoms with E-state index in [4.69, 9.17) is 0 Å². The topological polar surface area (TPSA) is 93.0 Å². The number of benzene rings is 1. The number of nitrogens with one attached hydrogen (secondary N) is 1. The van der Waals surface area contributed by atoms with E-state index in [-0.39, 0.29) is 23.6 Å². The Balaban J connectivity index is 1.34. The predicted molar refractivity (Wildman–Crippen MR) is 113 cm³/mol. The molecule has 0 unspecified atom stereocenters. The fourth-order valence-electron chi connectivity index (χ4n) is 2.79. The van der Waals surface area contributed by atoms with Crippen LogP contribution in [0.1, 0.15) is 28.9 Å². The molecule has 3 aromatic rings. The highest BCUT2D eigenvalue weighted by atomic mass is 32.2. The quantitative estimate of drug-likeness (QED) is 0.442. The summed E-state index contributed by atoms with van der Waals surface area (Å²) in [5, 5.41) is 7.88. The van der Waals surface area contributed by atoms with E-state index in [0.717, 1.165) is 18.4 Å². The van der Waals surface area contributed by atoms with Gasteiger partial charge in [-0.3, -0.25) is 9.59 Å². The van der Waals surface area contributed by atoms with Gasteiger partial charge in [0.2, 0.25) is 5.91 Å². The Hall–Kier alpha value is -3.20. The van der Waals surface area contributed by atoms with E-state index in [2.05, 4.69) is 20.4 Å². The number of hydrogen-bond donors (Lipinski definition) is 1. The van der Waals surface area contributed by atoms with Crippen molar-refractivity contribution in [1.82, 2.24) is 30.0 Å². The van der Waals surface area contributed by atoms with Gasteiger partial charge in [-0.15, -0.1) is 0 Å². The van der Waals surface area contributed by atoms with Crippen LogP contribution in [-0.4, -0.2) is 55.3 Å². The lowest BCUT2D eigenvalue weighted by Gasteiger charge is -2.17. The van der Waals surface area contributed by atoms with E-state index in [0.29, 0.717) is 23.1 Å². The van der Waals surface area contributed by atoms with Crippen molar-refractivity contribution in [2.45, 2.75) is 30.5 Å². The highest BCUT2D eigenvalue weighted by molar-refractivity contribution is 7.99. The molecule has 9 heteroatoms. The molecule has 0 atom stereocenters. The van der Waals surface area contributed by atoms with E-state index in [9.17, 15) is 9.59 Å². The molecule has 154 valence electrons. The molecule has 0 saturated heterocycles. The smallest absolute Gasteiger partial charge is 0.272 e. The van der Waals surface area contributed by atoms with Crippen LogP contribution < -0.4 is 5.32 Å². The number of aromatic nitrogens is 4. The maximum Gasteiger partial charge on any atom is 0.272 e. The molecule has 0 radical (unpaired) electrons. The number of carbonyl (C=O) groups is 2. The first kappa shape index (κ1) is 20.1. The van der Waals surface area contributed by atoms with Gasteiger partial charge in [-0.05, 0) is 24.5 Å². The monoisotopic (exact) mass is 422 g/mol. The van der Waals surface area contributed by atoms with Crippen molar-refractivity contribution in [2.24, 2.45) is 0 Å². The van der Waals surface area contributed by atoms with Gasteiger partial charge < -0.3 is 10.2 Å². The van der Waals surface area contributed by atoms with Gasteiger partial charge in [0.1, 0.15) is 11.4 Å². The zero-order chi connectivity index (χ0) is 20.9. The first-order valence-corrected chi connectivity index (χ1v) is 10.7. The molecule has 1 aliphatic rings. The molecular weight excluding hydrogens is 400 g/mol. The largest absolute Gasteiger partial charge is 0.348 e. The summed E-state index contributed by atoms with van der Waals surface area (Å²) in [6.45, 7) is 0.564. The lowest BCUT2D eigenvalue weighted by Crippen LogP contribution is -2.27. The molecule has 0 spiro atoms. The van der Waals surface area contributed by atoms with Crippen molar-refractivity contribution in [3.8, 4) is 5.82 Å². The zero-order valence-electron chi connectivity index (χ0n) is 16.6. The van der Waals surface area contributed by atoms with Crippen molar-refractivity contribution in [3.05, 3.63) is 66.2 Å². The number of thioether (sulfide) groups is 1. The summed E-state index contributed by atoms with van der Waals surface area (Å²) in [6, 6.07) is 13.6. The van der Waals surface area contributed by atoms with E-state index in [1.165, 1.54) is 22.8 Å². The molecule has 1 aliphatic carbocycles. The van der Waals surface area contributed by atoms with Crippen LogP contribution in [-0.2, 0) is 11.3 Å².